The quantitative estimate of drug-likeness (QED) is 0.581. The molecule has 2 rings (SSSR count). The highest BCUT2D eigenvalue weighted by atomic mass is 16.5. The van der Waals surface area contributed by atoms with Crippen LogP contribution in [0.4, 0.5) is 10.6 Å². The average molecular weight is 338 g/mol. The van der Waals surface area contributed by atoms with E-state index in [0.29, 0.717) is 43.3 Å². The molecule has 2 heterocycles. The monoisotopic (exact) mass is 338 g/mol. The summed E-state index contributed by atoms with van der Waals surface area (Å²) in [5.74, 6) is 0.215. The van der Waals surface area contributed by atoms with Gasteiger partial charge in [-0.1, -0.05) is 13.3 Å². The van der Waals surface area contributed by atoms with E-state index in [-0.39, 0.29) is 11.8 Å². The van der Waals surface area contributed by atoms with Gasteiger partial charge in [-0.25, -0.2) is 4.79 Å². The smallest absolute Gasteiger partial charge is 0.404 e. The van der Waals surface area contributed by atoms with Gasteiger partial charge in [0.15, 0.2) is 17.0 Å². The number of fused-ring (bicyclic) bond motifs is 1. The molecule has 132 valence electrons. The molecular formula is C14H22N6O4. The van der Waals surface area contributed by atoms with Crippen LogP contribution < -0.4 is 20.5 Å². The van der Waals surface area contributed by atoms with Gasteiger partial charge in [0.1, 0.15) is 0 Å². The van der Waals surface area contributed by atoms with Gasteiger partial charge in [0.05, 0.1) is 13.7 Å². The van der Waals surface area contributed by atoms with E-state index in [1.807, 2.05) is 0 Å². The molecule has 10 nitrogen and oxygen atoms in total. The van der Waals surface area contributed by atoms with Crippen molar-refractivity contribution in [3.8, 4) is 12.0 Å². The van der Waals surface area contributed by atoms with Gasteiger partial charge in [0.2, 0.25) is 0 Å². The maximum atomic E-state index is 10.5. The Balaban J connectivity index is 2.24. The Morgan fingerprint density at radius 3 is 2.79 bits per heavy atom. The summed E-state index contributed by atoms with van der Waals surface area (Å²) < 4.78 is 12.5. The predicted molar refractivity (Wildman–Crippen MR) is 87.3 cm³/mol. The van der Waals surface area contributed by atoms with Crippen molar-refractivity contribution in [2.75, 3.05) is 26.0 Å². The summed E-state index contributed by atoms with van der Waals surface area (Å²) in [4.78, 5) is 23.2. The van der Waals surface area contributed by atoms with Crippen LogP contribution in [0.15, 0.2) is 0 Å². The lowest BCUT2D eigenvalue weighted by Gasteiger charge is -2.08. The minimum atomic E-state index is -1.06. The maximum Gasteiger partial charge on any atom is 0.404 e. The summed E-state index contributed by atoms with van der Waals surface area (Å²) >= 11 is 0. The van der Waals surface area contributed by atoms with Gasteiger partial charge in [-0.15, -0.1) is 0 Å². The minimum absolute atomic E-state index is 0.195. The van der Waals surface area contributed by atoms with Crippen LogP contribution in [0.3, 0.4) is 0 Å². The third-order valence-electron chi connectivity index (χ3n) is 3.31. The lowest BCUT2D eigenvalue weighted by molar-refractivity contribution is 0.194. The van der Waals surface area contributed by atoms with Crippen LogP contribution in [-0.4, -0.2) is 51.0 Å². The van der Waals surface area contributed by atoms with E-state index in [2.05, 4.69) is 27.2 Å². The molecule has 2 aromatic heterocycles. The van der Waals surface area contributed by atoms with Gasteiger partial charge < -0.3 is 25.6 Å². The number of hydrogen-bond donors (Lipinski definition) is 3. The zero-order valence-electron chi connectivity index (χ0n) is 13.8. The van der Waals surface area contributed by atoms with E-state index in [1.54, 1.807) is 4.57 Å². The Labute approximate surface area is 139 Å². The number of rotatable bonds is 9. The highest BCUT2D eigenvalue weighted by molar-refractivity contribution is 5.83. The number of methoxy groups -OCH3 is 1. The number of imidazole rings is 1. The molecule has 0 aliphatic heterocycles. The molecule has 0 spiro atoms. The van der Waals surface area contributed by atoms with Crippen molar-refractivity contribution in [1.82, 2.24) is 24.8 Å². The van der Waals surface area contributed by atoms with Crippen molar-refractivity contribution in [3.63, 3.8) is 0 Å². The molecule has 0 saturated heterocycles. The third kappa shape index (κ3) is 4.15. The minimum Gasteiger partial charge on any atom is -0.468 e. The van der Waals surface area contributed by atoms with Crippen LogP contribution in [-0.2, 0) is 6.54 Å². The second-order valence-electron chi connectivity index (χ2n) is 5.10. The van der Waals surface area contributed by atoms with E-state index in [4.69, 9.17) is 20.3 Å². The second-order valence-corrected chi connectivity index (χ2v) is 5.10. The van der Waals surface area contributed by atoms with Gasteiger partial charge in [-0.3, -0.25) is 4.57 Å². The van der Waals surface area contributed by atoms with Crippen LogP contribution in [0, 0.1) is 0 Å². The molecule has 2 aromatic rings. The summed E-state index contributed by atoms with van der Waals surface area (Å²) in [6.07, 6.45) is 1.38. The van der Waals surface area contributed by atoms with Gasteiger partial charge in [-0.2, -0.15) is 15.0 Å². The molecule has 0 atom stereocenters. The van der Waals surface area contributed by atoms with E-state index >= 15 is 0 Å². The summed E-state index contributed by atoms with van der Waals surface area (Å²) in [6, 6.07) is 0.535. The van der Waals surface area contributed by atoms with Crippen LogP contribution in [0.5, 0.6) is 12.0 Å². The van der Waals surface area contributed by atoms with E-state index in [1.165, 1.54) is 7.11 Å². The third-order valence-corrected chi connectivity index (χ3v) is 3.31. The number of nitrogens with two attached hydrogens (primary N) is 1. The predicted octanol–water partition coefficient (Wildman–Crippen LogP) is 1.25. The summed E-state index contributed by atoms with van der Waals surface area (Å²) in [6.45, 7) is 3.34. The number of aryl methyl sites for hydroxylation is 1. The van der Waals surface area contributed by atoms with Crippen molar-refractivity contribution < 1.29 is 19.4 Å². The standard InChI is InChI=1S/C14H22N6O4/c1-3-4-8-24-12-18-10(15)9-11(19-12)20(13(17-9)23-2)7-5-6-16-14(21)22/h16H,3-8H2,1-2H3,(H,21,22)(H2,15,18,19). The van der Waals surface area contributed by atoms with Crippen molar-refractivity contribution in [2.24, 2.45) is 0 Å². The molecule has 0 aliphatic carbocycles. The SMILES string of the molecule is CCCCOc1nc(N)c2nc(OC)n(CCCNC(=O)O)c2n1. The molecule has 0 aliphatic rings. The molecule has 0 bridgehead atoms. The molecule has 24 heavy (non-hydrogen) atoms. The van der Waals surface area contributed by atoms with Crippen LogP contribution in [0.1, 0.15) is 26.2 Å². The van der Waals surface area contributed by atoms with Crippen LogP contribution in [0.2, 0.25) is 0 Å². The molecule has 10 heteroatoms. The van der Waals surface area contributed by atoms with Crippen molar-refractivity contribution in [3.05, 3.63) is 0 Å². The molecule has 0 radical (unpaired) electrons. The van der Waals surface area contributed by atoms with E-state index in [0.717, 1.165) is 12.8 Å². The summed E-state index contributed by atoms with van der Waals surface area (Å²) in [5.41, 5.74) is 6.87. The summed E-state index contributed by atoms with van der Waals surface area (Å²) in [7, 11) is 1.50. The fraction of sp³-hybridized carbons (Fsp3) is 0.571. The highest BCUT2D eigenvalue weighted by Gasteiger charge is 2.17. The number of carboxylic acid groups (broad SMARTS) is 1. The van der Waals surface area contributed by atoms with Crippen LogP contribution in [0.25, 0.3) is 11.2 Å². The number of anilines is 1. The zero-order valence-corrected chi connectivity index (χ0v) is 13.8. The second kappa shape index (κ2) is 8.18. The first kappa shape index (κ1) is 17.6. The van der Waals surface area contributed by atoms with Gasteiger partial charge >= 0.3 is 12.1 Å². The van der Waals surface area contributed by atoms with Crippen molar-refractivity contribution >= 4 is 23.1 Å². The highest BCUT2D eigenvalue weighted by Crippen LogP contribution is 2.25. The number of amides is 1. The molecule has 0 fully saturated rings. The molecule has 0 saturated carbocycles. The van der Waals surface area contributed by atoms with E-state index in [9.17, 15) is 4.79 Å². The Morgan fingerprint density at radius 2 is 2.12 bits per heavy atom. The van der Waals surface area contributed by atoms with Crippen molar-refractivity contribution in [1.29, 1.82) is 0 Å². The molecule has 4 N–H and O–H groups in total. The normalized spacial score (nSPS) is 10.8. The first-order valence-corrected chi connectivity index (χ1v) is 7.74. The first-order chi connectivity index (χ1) is 11.6. The molecular weight excluding hydrogens is 316 g/mol. The lowest BCUT2D eigenvalue weighted by Crippen LogP contribution is -2.23. The molecule has 0 unspecified atom stereocenters. The van der Waals surface area contributed by atoms with Crippen molar-refractivity contribution in [2.45, 2.75) is 32.7 Å². The number of ether oxygens (including phenoxy) is 2. The lowest BCUT2D eigenvalue weighted by atomic mass is 10.4. The van der Waals surface area contributed by atoms with Gasteiger partial charge in [-0.05, 0) is 12.8 Å². The van der Waals surface area contributed by atoms with E-state index < -0.39 is 6.09 Å². The molecule has 0 aromatic carbocycles. The largest absolute Gasteiger partial charge is 0.468 e. The van der Waals surface area contributed by atoms with Gasteiger partial charge in [0, 0.05) is 13.1 Å². The summed E-state index contributed by atoms with van der Waals surface area (Å²) in [5, 5.41) is 10.9. The fourth-order valence-electron chi connectivity index (χ4n) is 2.14. The van der Waals surface area contributed by atoms with Gasteiger partial charge in [0.25, 0.3) is 6.01 Å². The first-order valence-electron chi connectivity index (χ1n) is 7.74. The number of aromatic nitrogens is 4. The van der Waals surface area contributed by atoms with Crippen LogP contribution >= 0.6 is 0 Å². The number of unbranched alkanes of at least 4 members (excludes halogenated alkanes) is 1. The number of carbonyl (C=O) groups is 1. The Morgan fingerprint density at radius 1 is 1.33 bits per heavy atom. The maximum absolute atomic E-state index is 10.5. The topological polar surface area (TPSA) is 137 Å². The molecule has 1 amide bonds. The fourth-order valence-corrected chi connectivity index (χ4v) is 2.14. The number of nitrogen functional groups attached to an aromatic ring is 1. The Kier molecular flexibility index (Phi) is 5.99. The average Bonchev–Trinajstić information content (AvgIpc) is 2.90. The Hall–Kier alpha value is -2.78. The zero-order chi connectivity index (χ0) is 17.5. The number of hydrogen-bond acceptors (Lipinski definition) is 7. The number of nitrogens with zero attached hydrogens (tertiary/aromatic N) is 4. The number of nitrogens with one attached hydrogen (secondary N) is 1. The Bertz CT molecular complexity index is 702.